The van der Waals surface area contributed by atoms with Gasteiger partial charge in [0.1, 0.15) is 5.54 Å². The first-order chi connectivity index (χ1) is 8.55. The van der Waals surface area contributed by atoms with Crippen molar-refractivity contribution >= 4 is 11.8 Å². The van der Waals surface area contributed by atoms with Crippen LogP contribution >= 0.6 is 0 Å². The highest BCUT2D eigenvalue weighted by atomic mass is 16.5. The molecule has 2 fully saturated rings. The normalized spacial score (nSPS) is 32.8. The van der Waals surface area contributed by atoms with Crippen molar-refractivity contribution in [2.75, 3.05) is 19.7 Å². The number of piperazine rings is 1. The molecule has 2 rings (SSSR count). The molecule has 2 atom stereocenters. The quantitative estimate of drug-likeness (QED) is 0.802. The molecule has 2 heterocycles. The molecule has 5 heteroatoms. The highest BCUT2D eigenvalue weighted by molar-refractivity contribution is 5.97. The highest BCUT2D eigenvalue weighted by Crippen LogP contribution is 2.20. The van der Waals surface area contributed by atoms with Crippen LogP contribution < -0.4 is 5.32 Å². The van der Waals surface area contributed by atoms with E-state index in [0.29, 0.717) is 13.0 Å². The van der Waals surface area contributed by atoms with Crippen molar-refractivity contribution in [3.8, 4) is 0 Å². The van der Waals surface area contributed by atoms with E-state index in [-0.39, 0.29) is 24.5 Å². The zero-order chi connectivity index (χ0) is 13.2. The molecule has 0 spiro atoms. The van der Waals surface area contributed by atoms with Crippen LogP contribution in [0.3, 0.4) is 0 Å². The Morgan fingerprint density at radius 1 is 1.50 bits per heavy atom. The average molecular weight is 254 g/mol. The number of amides is 2. The Hall–Kier alpha value is -1.10. The summed E-state index contributed by atoms with van der Waals surface area (Å²) in [6.07, 6.45) is 3.88. The summed E-state index contributed by atoms with van der Waals surface area (Å²) in [4.78, 5) is 25.6. The van der Waals surface area contributed by atoms with Crippen molar-refractivity contribution in [2.24, 2.45) is 0 Å². The molecule has 0 aromatic carbocycles. The van der Waals surface area contributed by atoms with Crippen molar-refractivity contribution in [1.29, 1.82) is 0 Å². The topological polar surface area (TPSA) is 58.6 Å². The number of ether oxygens (including phenoxy) is 1. The Bertz CT molecular complexity index is 339. The first-order valence-electron chi connectivity index (χ1n) is 6.77. The van der Waals surface area contributed by atoms with E-state index in [9.17, 15) is 9.59 Å². The summed E-state index contributed by atoms with van der Waals surface area (Å²) in [6.45, 7) is 5.34. The predicted molar refractivity (Wildman–Crippen MR) is 67.0 cm³/mol. The molecular formula is C13H22N2O3. The summed E-state index contributed by atoms with van der Waals surface area (Å²) in [7, 11) is 0. The van der Waals surface area contributed by atoms with Crippen LogP contribution in [-0.2, 0) is 14.3 Å². The van der Waals surface area contributed by atoms with E-state index in [4.69, 9.17) is 4.74 Å². The molecule has 2 amide bonds. The van der Waals surface area contributed by atoms with Crippen LogP contribution in [0, 0.1) is 0 Å². The minimum atomic E-state index is -0.730. The summed E-state index contributed by atoms with van der Waals surface area (Å²) < 4.78 is 5.55. The maximum absolute atomic E-state index is 12.3. The standard InChI is InChI=1S/C13H22N2O3/c1-3-13(2)12(17)15(9-11(16)14-13)7-6-10-5-4-8-18-10/h10H,3-9H2,1-2H3,(H,14,16). The molecular weight excluding hydrogens is 232 g/mol. The third-order valence-electron chi connectivity index (χ3n) is 3.96. The van der Waals surface area contributed by atoms with Crippen LogP contribution in [-0.4, -0.2) is 48.1 Å². The Morgan fingerprint density at radius 2 is 2.28 bits per heavy atom. The predicted octanol–water partition coefficient (Wildman–Crippen LogP) is 0.683. The highest BCUT2D eigenvalue weighted by Gasteiger charge is 2.41. The number of hydrogen-bond donors (Lipinski definition) is 1. The minimum Gasteiger partial charge on any atom is -0.378 e. The molecule has 0 aromatic rings. The summed E-state index contributed by atoms with van der Waals surface area (Å²) in [5, 5.41) is 2.79. The number of nitrogens with zero attached hydrogens (tertiary/aromatic N) is 1. The van der Waals surface area contributed by atoms with Crippen molar-refractivity contribution < 1.29 is 14.3 Å². The fourth-order valence-electron chi connectivity index (χ4n) is 2.59. The lowest BCUT2D eigenvalue weighted by molar-refractivity contribution is -0.149. The minimum absolute atomic E-state index is 0.0302. The monoisotopic (exact) mass is 254 g/mol. The average Bonchev–Trinajstić information content (AvgIpc) is 2.85. The second kappa shape index (κ2) is 5.26. The summed E-state index contributed by atoms with van der Waals surface area (Å²) >= 11 is 0. The maximum atomic E-state index is 12.3. The molecule has 1 N–H and O–H groups in total. The largest absolute Gasteiger partial charge is 0.378 e. The fourth-order valence-corrected chi connectivity index (χ4v) is 2.59. The van der Waals surface area contributed by atoms with Crippen LogP contribution in [0.25, 0.3) is 0 Å². The van der Waals surface area contributed by atoms with E-state index in [0.717, 1.165) is 25.9 Å². The number of nitrogens with one attached hydrogen (secondary N) is 1. The van der Waals surface area contributed by atoms with Crippen LogP contribution in [0.15, 0.2) is 0 Å². The lowest BCUT2D eigenvalue weighted by Crippen LogP contribution is -2.65. The van der Waals surface area contributed by atoms with Gasteiger partial charge in [-0.1, -0.05) is 6.92 Å². The Kier molecular flexibility index (Phi) is 3.90. The summed E-state index contributed by atoms with van der Waals surface area (Å²) in [5.74, 6) is -0.0334. The Labute approximate surface area is 108 Å². The van der Waals surface area contributed by atoms with Crippen molar-refractivity contribution in [3.63, 3.8) is 0 Å². The van der Waals surface area contributed by atoms with E-state index >= 15 is 0 Å². The second-order valence-electron chi connectivity index (χ2n) is 5.38. The van der Waals surface area contributed by atoms with Gasteiger partial charge >= 0.3 is 0 Å². The van der Waals surface area contributed by atoms with Gasteiger partial charge < -0.3 is 15.0 Å². The molecule has 0 aromatic heterocycles. The molecule has 0 radical (unpaired) electrons. The van der Waals surface area contributed by atoms with Gasteiger partial charge in [-0.25, -0.2) is 0 Å². The van der Waals surface area contributed by atoms with Gasteiger partial charge in [-0.3, -0.25) is 9.59 Å². The van der Waals surface area contributed by atoms with Gasteiger partial charge in [-0.15, -0.1) is 0 Å². The van der Waals surface area contributed by atoms with Crippen LogP contribution in [0.5, 0.6) is 0 Å². The van der Waals surface area contributed by atoms with Gasteiger partial charge in [0.2, 0.25) is 11.8 Å². The van der Waals surface area contributed by atoms with Gasteiger partial charge in [0.15, 0.2) is 0 Å². The van der Waals surface area contributed by atoms with Gasteiger partial charge in [-0.05, 0) is 32.6 Å². The van der Waals surface area contributed by atoms with Crippen LogP contribution in [0.2, 0.25) is 0 Å². The lowest BCUT2D eigenvalue weighted by Gasteiger charge is -2.39. The van der Waals surface area contributed by atoms with Gasteiger partial charge in [-0.2, -0.15) is 0 Å². The van der Waals surface area contributed by atoms with E-state index in [1.165, 1.54) is 0 Å². The molecule has 0 aliphatic carbocycles. The van der Waals surface area contributed by atoms with Crippen molar-refractivity contribution in [3.05, 3.63) is 0 Å². The first-order valence-corrected chi connectivity index (χ1v) is 6.77. The van der Waals surface area contributed by atoms with Gasteiger partial charge in [0.05, 0.1) is 12.6 Å². The fraction of sp³-hybridized carbons (Fsp3) is 0.846. The third-order valence-corrected chi connectivity index (χ3v) is 3.96. The smallest absolute Gasteiger partial charge is 0.248 e. The molecule has 5 nitrogen and oxygen atoms in total. The van der Waals surface area contributed by atoms with Crippen LogP contribution in [0.1, 0.15) is 39.5 Å². The number of rotatable bonds is 4. The van der Waals surface area contributed by atoms with E-state index in [1.807, 2.05) is 6.92 Å². The summed E-state index contributed by atoms with van der Waals surface area (Å²) in [5.41, 5.74) is -0.730. The molecule has 18 heavy (non-hydrogen) atoms. The molecule has 102 valence electrons. The number of hydrogen-bond acceptors (Lipinski definition) is 3. The van der Waals surface area contributed by atoms with Gasteiger partial charge in [0, 0.05) is 13.2 Å². The maximum Gasteiger partial charge on any atom is 0.248 e. The van der Waals surface area contributed by atoms with E-state index in [2.05, 4.69) is 5.32 Å². The Morgan fingerprint density at radius 3 is 2.89 bits per heavy atom. The van der Waals surface area contributed by atoms with Crippen LogP contribution in [0.4, 0.5) is 0 Å². The zero-order valence-electron chi connectivity index (χ0n) is 11.2. The Balaban J connectivity index is 1.93. The van der Waals surface area contributed by atoms with E-state index in [1.54, 1.807) is 11.8 Å². The molecule has 2 unspecified atom stereocenters. The van der Waals surface area contributed by atoms with Crippen molar-refractivity contribution in [1.82, 2.24) is 10.2 Å². The summed E-state index contributed by atoms with van der Waals surface area (Å²) in [6, 6.07) is 0. The number of carbonyl (C=O) groups is 2. The zero-order valence-corrected chi connectivity index (χ0v) is 11.2. The van der Waals surface area contributed by atoms with Crippen molar-refractivity contribution in [2.45, 2.75) is 51.2 Å². The molecule has 2 aliphatic heterocycles. The first kappa shape index (κ1) is 13.3. The molecule has 2 aliphatic rings. The SMILES string of the molecule is CCC1(C)NC(=O)CN(CCC2CCCO2)C1=O. The lowest BCUT2D eigenvalue weighted by atomic mass is 9.94. The third kappa shape index (κ3) is 2.66. The molecule has 0 bridgehead atoms. The van der Waals surface area contributed by atoms with Gasteiger partial charge in [0.25, 0.3) is 0 Å². The number of carbonyl (C=O) groups excluding carboxylic acids is 2. The molecule has 0 saturated carbocycles. The molecule has 2 saturated heterocycles. The second-order valence-corrected chi connectivity index (χ2v) is 5.38. The van der Waals surface area contributed by atoms with E-state index < -0.39 is 5.54 Å².